The number of hydrogen-bond acceptors (Lipinski definition) is 2. The first-order chi connectivity index (χ1) is 44.3. The number of fused-ring (bicyclic) bond motifs is 3. The fraction of sp³-hybridized carbons (Fsp3) is 0.910. The number of hydrogen-bond donors (Lipinski definition) is 0. The second-order valence-corrected chi connectivity index (χ2v) is 37.9. The summed E-state index contributed by atoms with van der Waals surface area (Å²) < 4.78 is 0. The predicted molar refractivity (Wildman–Crippen MR) is 391 cm³/mol. The van der Waals surface area contributed by atoms with Crippen LogP contribution in [-0.4, -0.2) is 46.1 Å². The Hall–Kier alpha value is -1.12. The summed E-state index contributed by atoms with van der Waals surface area (Å²) in [5, 5.41) is 0. The van der Waals surface area contributed by atoms with Crippen LogP contribution in [0.4, 0.5) is 0 Å². The van der Waals surface area contributed by atoms with Gasteiger partial charge in [-0.15, -0.1) is 0 Å². The fourth-order valence-corrected chi connectivity index (χ4v) is 26.9. The Morgan fingerprint density at radius 3 is 0.868 bits per heavy atom. The molecule has 13 saturated carbocycles. The molecule has 13 rings (SSSR count). The fourth-order valence-electron chi connectivity index (χ4n) is 26.9. The molecular weight excluding hydrogens is 1100 g/mol. The second-order valence-electron chi connectivity index (χ2n) is 37.9. The third kappa shape index (κ3) is 16.1. The van der Waals surface area contributed by atoms with Crippen molar-refractivity contribution in [3.05, 3.63) is 46.6 Å². The van der Waals surface area contributed by atoms with Gasteiger partial charge in [-0.1, -0.05) is 171 Å². The zero-order valence-corrected chi connectivity index (χ0v) is 61.6. The third-order valence-corrected chi connectivity index (χ3v) is 32.3. The summed E-state index contributed by atoms with van der Waals surface area (Å²) in [7, 11) is 0. The minimum Gasteiger partial charge on any atom is -0.294 e. The Kier molecular flexibility index (Phi) is 23.9. The highest BCUT2D eigenvalue weighted by Gasteiger charge is 2.60. The average molecular weight is 1250 g/mol. The van der Waals surface area contributed by atoms with Gasteiger partial charge in [-0.05, 0) is 351 Å². The van der Waals surface area contributed by atoms with Crippen LogP contribution in [0.5, 0.6) is 0 Å². The van der Waals surface area contributed by atoms with Gasteiger partial charge < -0.3 is 0 Å². The minimum atomic E-state index is 0.821. The van der Waals surface area contributed by atoms with E-state index < -0.39 is 0 Å². The lowest BCUT2D eigenvalue weighted by Crippen LogP contribution is -2.65. The Morgan fingerprint density at radius 1 is 0.242 bits per heavy atom. The molecule has 0 bridgehead atoms. The largest absolute Gasteiger partial charge is 0.294 e. The average Bonchev–Trinajstić information content (AvgIpc) is 0.731. The van der Waals surface area contributed by atoms with E-state index in [1.54, 1.807) is 67.2 Å². The van der Waals surface area contributed by atoms with Gasteiger partial charge in [0.25, 0.3) is 0 Å². The minimum absolute atomic E-state index is 0.821. The topological polar surface area (TPSA) is 6.48 Å². The molecule has 0 heterocycles. The lowest BCUT2D eigenvalue weighted by Gasteiger charge is -2.65. The molecule has 13 aliphatic carbocycles. The van der Waals surface area contributed by atoms with Crippen LogP contribution in [0.1, 0.15) is 351 Å². The highest BCUT2D eigenvalue weighted by atomic mass is 15.2. The van der Waals surface area contributed by atoms with Crippen LogP contribution in [0.3, 0.4) is 0 Å². The predicted octanol–water partition coefficient (Wildman–Crippen LogP) is 25.4. The Labute approximate surface area is 565 Å². The lowest BCUT2D eigenvalue weighted by molar-refractivity contribution is -0.158. The van der Waals surface area contributed by atoms with Gasteiger partial charge in [0.15, 0.2) is 0 Å². The molecule has 0 amide bonds. The second kappa shape index (κ2) is 31.8. The van der Waals surface area contributed by atoms with Crippen LogP contribution in [-0.2, 0) is 0 Å². The summed E-state index contributed by atoms with van der Waals surface area (Å²) in [4.78, 5) is 7.08. The van der Waals surface area contributed by atoms with E-state index in [1.807, 2.05) is 0 Å². The van der Waals surface area contributed by atoms with Crippen LogP contribution < -0.4 is 0 Å². The van der Waals surface area contributed by atoms with Crippen molar-refractivity contribution in [3.8, 4) is 0 Å². The van der Waals surface area contributed by atoms with Gasteiger partial charge in [0.05, 0.1) is 0 Å². The van der Waals surface area contributed by atoms with Crippen molar-refractivity contribution in [2.24, 2.45) is 124 Å². The number of allylic oxidation sites excluding steroid dienone is 8. The van der Waals surface area contributed by atoms with E-state index in [1.165, 1.54) is 244 Å². The molecule has 0 radical (unpaired) electrons. The summed E-state index contributed by atoms with van der Waals surface area (Å²) >= 11 is 0. The molecule has 9 atom stereocenters. The highest BCUT2D eigenvalue weighted by molar-refractivity contribution is 5.16. The molecular formula is C89H148N2. The molecule has 91 heavy (non-hydrogen) atoms. The molecule has 0 saturated heterocycles. The molecule has 0 N–H and O–H groups in total. The molecule has 2 nitrogen and oxygen atoms in total. The van der Waals surface area contributed by atoms with Crippen LogP contribution in [0.2, 0.25) is 0 Å². The van der Waals surface area contributed by atoms with Gasteiger partial charge in [-0.25, -0.2) is 0 Å². The summed E-state index contributed by atoms with van der Waals surface area (Å²) in [5.41, 5.74) is 7.14. The summed E-state index contributed by atoms with van der Waals surface area (Å²) in [6.45, 7) is 23.2. The standard InChI is InChI=1S/C89H148N2/c1-59-21-37-72(38-22-59)64(6)55-68-29-45-76(46-30-68)90(77-47-31-69(32-48-77)56-65(7)73-39-23-60(2)24-40-73)86-54-53-85(87-63(5)15-14-20-84(86)87)88-80-16-10-12-18-82(80)89(83-19-13-11-17-81(83)88)91(78-49-33-70(34-50-78)57-66(8)74-41-25-61(3)26-42-74)79-51-35-71(36-52-79)58-67(9)75-43-27-62(4)28-44-75/h55-63,68-89H,10-54H2,1-9H3/b64-55+,65-56+,66-57+,67-58+. The smallest absolute Gasteiger partial charge is 0.0163 e. The summed E-state index contributed by atoms with van der Waals surface area (Å²) in [6.07, 6.45) is 78.5. The maximum atomic E-state index is 3.58. The zero-order chi connectivity index (χ0) is 62.7. The van der Waals surface area contributed by atoms with Crippen LogP contribution in [0, 0.1) is 124 Å². The Bertz CT molecular complexity index is 2200. The first-order valence-electron chi connectivity index (χ1n) is 42.6. The monoisotopic (exact) mass is 1250 g/mol. The van der Waals surface area contributed by atoms with E-state index in [9.17, 15) is 0 Å². The Balaban J connectivity index is 0.762. The third-order valence-electron chi connectivity index (χ3n) is 32.3. The van der Waals surface area contributed by atoms with Crippen molar-refractivity contribution in [2.75, 3.05) is 0 Å². The molecule has 0 spiro atoms. The first kappa shape index (κ1) is 68.4. The molecule has 0 aliphatic heterocycles. The van der Waals surface area contributed by atoms with Gasteiger partial charge in [-0.3, -0.25) is 9.80 Å². The van der Waals surface area contributed by atoms with Gasteiger partial charge in [0.2, 0.25) is 0 Å². The van der Waals surface area contributed by atoms with Crippen molar-refractivity contribution in [3.63, 3.8) is 0 Å². The van der Waals surface area contributed by atoms with E-state index in [0.717, 1.165) is 161 Å². The van der Waals surface area contributed by atoms with Crippen molar-refractivity contribution in [1.82, 2.24) is 9.80 Å². The maximum absolute atomic E-state index is 3.58. The van der Waals surface area contributed by atoms with Crippen molar-refractivity contribution in [2.45, 2.75) is 388 Å². The van der Waals surface area contributed by atoms with Crippen molar-refractivity contribution >= 4 is 0 Å². The molecule has 13 aliphatic rings. The Morgan fingerprint density at radius 2 is 0.538 bits per heavy atom. The van der Waals surface area contributed by atoms with Gasteiger partial charge >= 0.3 is 0 Å². The quantitative estimate of drug-likeness (QED) is 0.151. The molecule has 2 heteroatoms. The van der Waals surface area contributed by atoms with Crippen molar-refractivity contribution < 1.29 is 0 Å². The molecule has 0 aromatic heterocycles. The molecule has 514 valence electrons. The van der Waals surface area contributed by atoms with E-state index in [0.29, 0.717) is 0 Å². The summed E-state index contributed by atoms with van der Waals surface area (Å²) in [6, 6.07) is 5.00. The molecule has 9 unspecified atom stereocenters. The van der Waals surface area contributed by atoms with Gasteiger partial charge in [0.1, 0.15) is 0 Å². The number of rotatable bonds is 15. The number of nitrogens with zero attached hydrogens (tertiary/aromatic N) is 2. The van der Waals surface area contributed by atoms with Crippen LogP contribution >= 0.6 is 0 Å². The van der Waals surface area contributed by atoms with Crippen LogP contribution in [0.25, 0.3) is 0 Å². The van der Waals surface area contributed by atoms with E-state index in [-0.39, 0.29) is 0 Å². The summed E-state index contributed by atoms with van der Waals surface area (Å²) in [5.74, 6) is 19.3. The molecule has 13 fully saturated rings. The normalized spacial score (nSPS) is 47.1. The molecule has 0 aromatic carbocycles. The van der Waals surface area contributed by atoms with Gasteiger partial charge in [0, 0.05) is 36.3 Å². The first-order valence-corrected chi connectivity index (χ1v) is 42.6. The van der Waals surface area contributed by atoms with Crippen molar-refractivity contribution in [1.29, 1.82) is 0 Å². The SMILES string of the molecule is C/C(=C\C1CCC(N(C2CCC(/C=C(\C)C3CCC(C)CC3)CC2)C2CCC(C3C4CCCCC4C(N(C4CCC(/C=C(\C)C5CCC(C)CC5)CC4)C4CCC(/C=C(\C)C5CCC(C)CC5)CC4)C4CCCCC43)C3C(C)CCCC32)CC1)C1CCC(C)CC1. The van der Waals surface area contributed by atoms with Gasteiger partial charge in [-0.2, -0.15) is 0 Å². The maximum Gasteiger partial charge on any atom is 0.0163 e. The highest BCUT2D eigenvalue weighted by Crippen LogP contribution is 2.63. The molecule has 0 aromatic rings. The van der Waals surface area contributed by atoms with Crippen LogP contribution in [0.15, 0.2) is 46.6 Å². The van der Waals surface area contributed by atoms with E-state index >= 15 is 0 Å². The lowest BCUT2D eigenvalue weighted by atomic mass is 9.45. The zero-order valence-electron chi connectivity index (χ0n) is 61.6. The van der Waals surface area contributed by atoms with E-state index in [2.05, 4.69) is 96.4 Å². The van der Waals surface area contributed by atoms with E-state index in [4.69, 9.17) is 0 Å².